The molecule has 7 heteroatoms. The maximum absolute atomic E-state index is 11.6. The number of nitrogens with one attached hydrogen (secondary N) is 1. The summed E-state index contributed by atoms with van der Waals surface area (Å²) in [4.78, 5) is 18.0. The molecule has 0 radical (unpaired) electrons. The van der Waals surface area contributed by atoms with Crippen LogP contribution in [-0.4, -0.2) is 51.5 Å². The van der Waals surface area contributed by atoms with Crippen LogP contribution in [0.4, 0.5) is 4.79 Å². The summed E-state index contributed by atoms with van der Waals surface area (Å²) in [6.45, 7) is 7.08. The summed E-state index contributed by atoms with van der Waals surface area (Å²) in [7, 11) is 0. The van der Waals surface area contributed by atoms with Gasteiger partial charge in [0.1, 0.15) is 12.7 Å². The number of carbonyl (C=O) groups is 1. The van der Waals surface area contributed by atoms with Crippen LogP contribution in [0.5, 0.6) is 0 Å². The van der Waals surface area contributed by atoms with Crippen molar-refractivity contribution in [1.29, 1.82) is 0 Å². The number of alkyl carbamates (subject to hydrolysis) is 1. The van der Waals surface area contributed by atoms with E-state index in [1.807, 2.05) is 6.92 Å². The zero-order valence-corrected chi connectivity index (χ0v) is 14.8. The van der Waals surface area contributed by atoms with Crippen LogP contribution < -0.4 is 5.32 Å². The number of piperidine rings is 1. The van der Waals surface area contributed by atoms with E-state index in [0.717, 1.165) is 38.2 Å². The number of hydrogen-bond donors (Lipinski definition) is 1. The molecule has 0 saturated carbocycles. The number of nitrogens with zero attached hydrogens (tertiary/aromatic N) is 4. The molecule has 0 unspecified atom stereocenters. The number of aromatic nitrogens is 3. The maximum Gasteiger partial charge on any atom is 0.407 e. The Morgan fingerprint density at radius 3 is 3.04 bits per heavy atom. The predicted octanol–water partition coefficient (Wildman–Crippen LogP) is 2.29. The summed E-state index contributed by atoms with van der Waals surface area (Å²) in [6.07, 6.45) is 5.00. The molecule has 1 N–H and O–H groups in total. The van der Waals surface area contributed by atoms with Gasteiger partial charge in [-0.2, -0.15) is 5.10 Å². The largest absolute Gasteiger partial charge is 0.450 e. The lowest BCUT2D eigenvalue weighted by Crippen LogP contribution is -2.47. The van der Waals surface area contributed by atoms with E-state index in [2.05, 4.69) is 45.4 Å². The number of hydrogen-bond acceptors (Lipinski definition) is 5. The summed E-state index contributed by atoms with van der Waals surface area (Å²) in [5.74, 6) is 0. The Kier molecular flexibility index (Phi) is 5.65. The van der Waals surface area contributed by atoms with Gasteiger partial charge >= 0.3 is 6.09 Å². The number of benzene rings is 1. The van der Waals surface area contributed by atoms with Crippen molar-refractivity contribution in [3.05, 3.63) is 42.0 Å². The summed E-state index contributed by atoms with van der Waals surface area (Å²) in [6, 6.07) is 6.56. The third kappa shape index (κ3) is 4.57. The zero-order valence-electron chi connectivity index (χ0n) is 14.8. The number of carbonyl (C=O) groups excluding carboxylic acids is 1. The molecular weight excluding hydrogens is 318 g/mol. The quantitative estimate of drug-likeness (QED) is 0.902. The van der Waals surface area contributed by atoms with Crippen molar-refractivity contribution in [2.24, 2.45) is 0 Å². The molecular formula is C18H25N5O2. The Labute approximate surface area is 148 Å². The lowest BCUT2D eigenvalue weighted by Gasteiger charge is -2.33. The molecule has 1 amide bonds. The van der Waals surface area contributed by atoms with E-state index in [-0.39, 0.29) is 12.1 Å². The van der Waals surface area contributed by atoms with Gasteiger partial charge in [0.15, 0.2) is 0 Å². The molecule has 0 aliphatic carbocycles. The monoisotopic (exact) mass is 343 g/mol. The van der Waals surface area contributed by atoms with Crippen LogP contribution in [0.1, 0.15) is 30.9 Å². The highest BCUT2D eigenvalue weighted by Crippen LogP contribution is 2.18. The minimum absolute atomic E-state index is 0.156. The van der Waals surface area contributed by atoms with Gasteiger partial charge in [0, 0.05) is 19.1 Å². The molecule has 3 rings (SSSR count). The van der Waals surface area contributed by atoms with Crippen molar-refractivity contribution in [2.45, 2.75) is 39.3 Å². The molecule has 7 nitrogen and oxygen atoms in total. The molecule has 1 atom stereocenters. The number of amides is 1. The predicted molar refractivity (Wildman–Crippen MR) is 94.6 cm³/mol. The number of aryl methyl sites for hydroxylation is 1. The second-order valence-electron chi connectivity index (χ2n) is 6.40. The molecule has 1 aliphatic heterocycles. The van der Waals surface area contributed by atoms with Gasteiger partial charge in [-0.3, -0.25) is 4.90 Å². The first-order chi connectivity index (χ1) is 12.2. The standard InChI is InChI=1S/C18H25N5O2/c1-3-25-18(24)21-16-5-4-8-22(11-16)10-15-6-7-17(14(2)9-15)23-13-19-12-20-23/h6-7,9,12-13,16H,3-5,8,10-11H2,1-2H3,(H,21,24)/t16-/m1/s1. The van der Waals surface area contributed by atoms with Crippen LogP contribution in [-0.2, 0) is 11.3 Å². The minimum atomic E-state index is -0.317. The minimum Gasteiger partial charge on any atom is -0.450 e. The normalized spacial score (nSPS) is 18.1. The fourth-order valence-electron chi connectivity index (χ4n) is 3.32. The van der Waals surface area contributed by atoms with E-state index in [4.69, 9.17) is 4.74 Å². The first-order valence-corrected chi connectivity index (χ1v) is 8.76. The molecule has 2 heterocycles. The molecule has 0 spiro atoms. The van der Waals surface area contributed by atoms with Crippen molar-refractivity contribution >= 4 is 6.09 Å². The van der Waals surface area contributed by atoms with E-state index >= 15 is 0 Å². The third-order valence-electron chi connectivity index (χ3n) is 4.44. The number of rotatable bonds is 5. The average molecular weight is 343 g/mol. The third-order valence-corrected chi connectivity index (χ3v) is 4.44. The van der Waals surface area contributed by atoms with Gasteiger partial charge < -0.3 is 10.1 Å². The van der Waals surface area contributed by atoms with E-state index < -0.39 is 0 Å². The highest BCUT2D eigenvalue weighted by atomic mass is 16.5. The summed E-state index contributed by atoms with van der Waals surface area (Å²) in [5.41, 5.74) is 3.47. The van der Waals surface area contributed by atoms with Gasteiger partial charge in [0.05, 0.1) is 12.3 Å². The van der Waals surface area contributed by atoms with Crippen molar-refractivity contribution in [1.82, 2.24) is 25.0 Å². The molecule has 25 heavy (non-hydrogen) atoms. The summed E-state index contributed by atoms with van der Waals surface area (Å²) < 4.78 is 6.76. The van der Waals surface area contributed by atoms with Gasteiger partial charge in [-0.15, -0.1) is 0 Å². The number of likely N-dealkylation sites (tertiary alicyclic amines) is 1. The lowest BCUT2D eigenvalue weighted by atomic mass is 10.0. The second kappa shape index (κ2) is 8.11. The first-order valence-electron chi connectivity index (χ1n) is 8.76. The van der Waals surface area contributed by atoms with Crippen molar-refractivity contribution < 1.29 is 9.53 Å². The molecule has 1 aromatic heterocycles. The van der Waals surface area contributed by atoms with Crippen LogP contribution in [0.25, 0.3) is 5.69 Å². The lowest BCUT2D eigenvalue weighted by molar-refractivity contribution is 0.132. The van der Waals surface area contributed by atoms with Crippen molar-refractivity contribution in [3.8, 4) is 5.69 Å². The summed E-state index contributed by atoms with van der Waals surface area (Å²) in [5, 5.41) is 7.14. The van der Waals surface area contributed by atoms with Gasteiger partial charge in [0.25, 0.3) is 0 Å². The molecule has 1 saturated heterocycles. The second-order valence-corrected chi connectivity index (χ2v) is 6.40. The molecule has 1 aliphatic rings. The molecule has 0 bridgehead atoms. The van der Waals surface area contributed by atoms with Crippen molar-refractivity contribution in [2.75, 3.05) is 19.7 Å². The highest BCUT2D eigenvalue weighted by molar-refractivity contribution is 5.67. The Balaban J connectivity index is 1.60. The first kappa shape index (κ1) is 17.4. The van der Waals surface area contributed by atoms with E-state index in [9.17, 15) is 4.79 Å². The van der Waals surface area contributed by atoms with Gasteiger partial charge in [-0.1, -0.05) is 12.1 Å². The summed E-state index contributed by atoms with van der Waals surface area (Å²) >= 11 is 0. The van der Waals surface area contributed by atoms with E-state index in [1.54, 1.807) is 11.0 Å². The van der Waals surface area contributed by atoms with Crippen LogP contribution >= 0.6 is 0 Å². The van der Waals surface area contributed by atoms with E-state index in [0.29, 0.717) is 6.61 Å². The molecule has 134 valence electrons. The Bertz CT molecular complexity index is 701. The topological polar surface area (TPSA) is 72.3 Å². The van der Waals surface area contributed by atoms with Crippen LogP contribution in [0, 0.1) is 6.92 Å². The zero-order chi connectivity index (χ0) is 17.6. The highest BCUT2D eigenvalue weighted by Gasteiger charge is 2.22. The molecule has 2 aromatic rings. The fourth-order valence-corrected chi connectivity index (χ4v) is 3.32. The fraction of sp³-hybridized carbons (Fsp3) is 0.500. The van der Waals surface area contributed by atoms with Gasteiger partial charge in [-0.25, -0.2) is 14.5 Å². The van der Waals surface area contributed by atoms with Gasteiger partial charge in [0.2, 0.25) is 0 Å². The van der Waals surface area contributed by atoms with Crippen LogP contribution in [0.15, 0.2) is 30.9 Å². The average Bonchev–Trinajstić information content (AvgIpc) is 3.09. The van der Waals surface area contributed by atoms with Crippen LogP contribution in [0.3, 0.4) is 0 Å². The van der Waals surface area contributed by atoms with E-state index in [1.165, 1.54) is 17.5 Å². The Hall–Kier alpha value is -2.41. The van der Waals surface area contributed by atoms with Crippen molar-refractivity contribution in [3.63, 3.8) is 0 Å². The Morgan fingerprint density at radius 2 is 2.32 bits per heavy atom. The van der Waals surface area contributed by atoms with Gasteiger partial charge in [-0.05, 0) is 50.4 Å². The SMILES string of the molecule is CCOC(=O)N[C@@H]1CCCN(Cc2ccc(-n3cncn3)c(C)c2)C1. The van der Waals surface area contributed by atoms with Crippen LogP contribution in [0.2, 0.25) is 0 Å². The Morgan fingerprint density at radius 1 is 1.44 bits per heavy atom. The molecule has 1 fully saturated rings. The number of ether oxygens (including phenoxy) is 1. The smallest absolute Gasteiger partial charge is 0.407 e. The maximum atomic E-state index is 11.6. The molecule has 1 aromatic carbocycles.